The average molecular weight is 521 g/mol. The molecule has 0 spiro atoms. The molecule has 0 unspecified atom stereocenters. The Labute approximate surface area is 226 Å². The van der Waals surface area contributed by atoms with E-state index in [0.717, 1.165) is 42.8 Å². The number of phenols is 1. The van der Waals surface area contributed by atoms with Crippen LogP contribution in [0, 0.1) is 5.82 Å². The van der Waals surface area contributed by atoms with E-state index in [-0.39, 0.29) is 17.1 Å². The molecule has 1 atom stereocenters. The van der Waals surface area contributed by atoms with Crippen molar-refractivity contribution in [2.75, 3.05) is 39.3 Å². The molecule has 1 aliphatic rings. The standard InChI is InChI=1S/C32H41FN2O3/c1-7-35(20-22-8-15-31(29(33)16-22)38-21-32(2,3)34(4)5)30-19-27(37-6)13-14-28(30)25-10-9-24-18-26(36)12-11-23(24)17-25/h8,11-16,18-19,25,36H,7,9-10,17,20-21H2,1-6H3/t25-/m1/s1. The smallest absolute Gasteiger partial charge is 0.165 e. The number of hydrogen-bond acceptors (Lipinski definition) is 5. The Balaban J connectivity index is 1.56. The van der Waals surface area contributed by atoms with Crippen LogP contribution in [0.3, 0.4) is 0 Å². The maximum absolute atomic E-state index is 15.0. The lowest BCUT2D eigenvalue weighted by molar-refractivity contribution is 0.111. The lowest BCUT2D eigenvalue weighted by atomic mass is 9.79. The van der Waals surface area contributed by atoms with Crippen molar-refractivity contribution in [3.05, 3.63) is 82.7 Å². The highest BCUT2D eigenvalue weighted by atomic mass is 19.1. The zero-order chi connectivity index (χ0) is 27.4. The summed E-state index contributed by atoms with van der Waals surface area (Å²) in [6.07, 6.45) is 2.87. The predicted octanol–water partition coefficient (Wildman–Crippen LogP) is 6.56. The van der Waals surface area contributed by atoms with Crippen molar-refractivity contribution in [1.29, 1.82) is 0 Å². The van der Waals surface area contributed by atoms with E-state index in [1.807, 2.05) is 38.4 Å². The third-order valence-corrected chi connectivity index (χ3v) is 7.98. The van der Waals surface area contributed by atoms with Crippen molar-refractivity contribution in [2.24, 2.45) is 0 Å². The second kappa shape index (κ2) is 11.6. The number of benzene rings is 3. The van der Waals surface area contributed by atoms with E-state index in [0.29, 0.717) is 24.8 Å². The van der Waals surface area contributed by atoms with Crippen molar-refractivity contribution < 1.29 is 19.0 Å². The number of likely N-dealkylation sites (N-methyl/N-ethyl adjacent to an activating group) is 1. The minimum absolute atomic E-state index is 0.201. The van der Waals surface area contributed by atoms with Crippen molar-refractivity contribution in [1.82, 2.24) is 4.90 Å². The number of halogens is 1. The van der Waals surface area contributed by atoms with Crippen molar-refractivity contribution in [3.8, 4) is 17.2 Å². The maximum Gasteiger partial charge on any atom is 0.165 e. The van der Waals surface area contributed by atoms with Gasteiger partial charge in [0.15, 0.2) is 11.6 Å². The first kappa shape index (κ1) is 27.8. The molecule has 204 valence electrons. The molecule has 5 nitrogen and oxygen atoms in total. The van der Waals surface area contributed by atoms with Gasteiger partial charge in [0.05, 0.1) is 7.11 Å². The zero-order valence-corrected chi connectivity index (χ0v) is 23.6. The molecule has 0 aliphatic heterocycles. The Bertz CT molecular complexity index is 1260. The molecule has 4 rings (SSSR count). The Morgan fingerprint density at radius 2 is 1.82 bits per heavy atom. The maximum atomic E-state index is 15.0. The summed E-state index contributed by atoms with van der Waals surface area (Å²) in [5, 5.41) is 9.88. The minimum atomic E-state index is -0.342. The lowest BCUT2D eigenvalue weighted by Crippen LogP contribution is -2.43. The van der Waals surface area contributed by atoms with Crippen molar-refractivity contribution in [2.45, 2.75) is 58.0 Å². The fraction of sp³-hybridized carbons (Fsp3) is 0.438. The van der Waals surface area contributed by atoms with Crippen LogP contribution in [-0.2, 0) is 19.4 Å². The van der Waals surface area contributed by atoms with Crippen LogP contribution in [0.25, 0.3) is 0 Å². The molecule has 3 aromatic carbocycles. The summed E-state index contributed by atoms with van der Waals surface area (Å²) in [6, 6.07) is 17.3. The number of nitrogens with zero attached hydrogens (tertiary/aromatic N) is 2. The van der Waals surface area contributed by atoms with Gasteiger partial charge in [0, 0.05) is 30.4 Å². The number of aryl methyl sites for hydroxylation is 1. The topological polar surface area (TPSA) is 45.2 Å². The Kier molecular flexibility index (Phi) is 8.51. The van der Waals surface area contributed by atoms with Crippen LogP contribution in [0.4, 0.5) is 10.1 Å². The number of anilines is 1. The van der Waals surface area contributed by atoms with Crippen LogP contribution in [0.2, 0.25) is 0 Å². The Morgan fingerprint density at radius 3 is 2.50 bits per heavy atom. The molecule has 0 aromatic heterocycles. The first-order valence-electron chi connectivity index (χ1n) is 13.4. The number of methoxy groups -OCH3 is 1. The van der Waals surface area contributed by atoms with Crippen LogP contribution in [0.1, 0.15) is 55.4 Å². The van der Waals surface area contributed by atoms with Crippen LogP contribution < -0.4 is 14.4 Å². The van der Waals surface area contributed by atoms with Gasteiger partial charge in [-0.1, -0.05) is 18.2 Å². The summed E-state index contributed by atoms with van der Waals surface area (Å²) in [6.45, 7) is 8.01. The summed E-state index contributed by atoms with van der Waals surface area (Å²) in [4.78, 5) is 4.35. The first-order valence-corrected chi connectivity index (χ1v) is 13.4. The normalized spacial score (nSPS) is 15.3. The van der Waals surface area contributed by atoms with Gasteiger partial charge in [0.25, 0.3) is 0 Å². The van der Waals surface area contributed by atoms with Crippen molar-refractivity contribution in [3.63, 3.8) is 0 Å². The molecule has 0 bridgehead atoms. The van der Waals surface area contributed by atoms with Gasteiger partial charge in [0.1, 0.15) is 18.1 Å². The van der Waals surface area contributed by atoms with E-state index < -0.39 is 0 Å². The van der Waals surface area contributed by atoms with Crippen LogP contribution in [0.5, 0.6) is 17.2 Å². The van der Waals surface area contributed by atoms with Gasteiger partial charge in [-0.15, -0.1) is 0 Å². The monoisotopic (exact) mass is 520 g/mol. The molecule has 1 N–H and O–H groups in total. The largest absolute Gasteiger partial charge is 0.508 e. The van der Waals surface area contributed by atoms with Gasteiger partial charge in [-0.25, -0.2) is 4.39 Å². The molecule has 38 heavy (non-hydrogen) atoms. The summed E-state index contributed by atoms with van der Waals surface area (Å²) < 4.78 is 26.5. The van der Waals surface area contributed by atoms with Crippen molar-refractivity contribution >= 4 is 5.69 Å². The summed E-state index contributed by atoms with van der Waals surface area (Å²) >= 11 is 0. The van der Waals surface area contributed by atoms with E-state index in [4.69, 9.17) is 9.47 Å². The first-order chi connectivity index (χ1) is 18.1. The summed E-state index contributed by atoms with van der Waals surface area (Å²) in [5.74, 6) is 1.43. The van der Waals surface area contributed by atoms with E-state index in [1.165, 1.54) is 16.7 Å². The van der Waals surface area contributed by atoms with Gasteiger partial charge in [0.2, 0.25) is 0 Å². The van der Waals surface area contributed by atoms with E-state index in [9.17, 15) is 5.11 Å². The van der Waals surface area contributed by atoms with Gasteiger partial charge in [-0.05, 0) is 113 Å². The van der Waals surface area contributed by atoms with Gasteiger partial charge in [-0.2, -0.15) is 0 Å². The minimum Gasteiger partial charge on any atom is -0.508 e. The highest BCUT2D eigenvalue weighted by Gasteiger charge is 2.25. The number of rotatable bonds is 10. The Hall–Kier alpha value is -3.25. The third kappa shape index (κ3) is 6.24. The highest BCUT2D eigenvalue weighted by molar-refractivity contribution is 5.60. The zero-order valence-electron chi connectivity index (χ0n) is 23.6. The molecule has 1 aliphatic carbocycles. The van der Waals surface area contributed by atoms with Crippen LogP contribution >= 0.6 is 0 Å². The van der Waals surface area contributed by atoms with Gasteiger partial charge in [-0.3, -0.25) is 0 Å². The highest BCUT2D eigenvalue weighted by Crippen LogP contribution is 2.40. The fourth-order valence-electron chi connectivity index (χ4n) is 5.01. The van der Waals surface area contributed by atoms with Crippen LogP contribution in [0.15, 0.2) is 54.6 Å². The van der Waals surface area contributed by atoms with Crippen LogP contribution in [-0.4, -0.2) is 49.9 Å². The number of ether oxygens (including phenoxy) is 2. The summed E-state index contributed by atoms with van der Waals surface area (Å²) in [5.41, 5.74) is 5.61. The lowest BCUT2D eigenvalue weighted by Gasteiger charge is -2.32. The van der Waals surface area contributed by atoms with E-state index >= 15 is 4.39 Å². The SMILES string of the molecule is CCN(Cc1ccc(OCC(C)(C)N(C)C)c(F)c1)c1cc(OC)ccc1[C@@H]1CCc2cc(O)ccc2C1. The molecule has 0 saturated carbocycles. The summed E-state index contributed by atoms with van der Waals surface area (Å²) in [7, 11) is 5.67. The molecule has 0 fully saturated rings. The molecule has 0 saturated heterocycles. The number of fused-ring (bicyclic) bond motifs is 1. The number of aromatic hydroxyl groups is 1. The third-order valence-electron chi connectivity index (χ3n) is 7.98. The number of phenolic OH excluding ortho intramolecular Hbond substituents is 1. The second-order valence-electron chi connectivity index (χ2n) is 11.1. The Morgan fingerprint density at radius 1 is 1.03 bits per heavy atom. The molecular weight excluding hydrogens is 479 g/mol. The molecular formula is C32H41FN2O3. The van der Waals surface area contributed by atoms with Gasteiger partial charge < -0.3 is 24.4 Å². The molecule has 0 heterocycles. The molecule has 3 aromatic rings. The average Bonchev–Trinajstić information content (AvgIpc) is 2.90. The fourth-order valence-corrected chi connectivity index (χ4v) is 5.01. The van der Waals surface area contributed by atoms with E-state index in [2.05, 4.69) is 42.7 Å². The number of hydrogen-bond donors (Lipinski definition) is 1. The predicted molar refractivity (Wildman–Crippen MR) is 152 cm³/mol. The second-order valence-corrected chi connectivity index (χ2v) is 11.1. The molecule has 0 radical (unpaired) electrons. The molecule has 0 amide bonds. The quantitative estimate of drug-likeness (QED) is 0.328. The van der Waals surface area contributed by atoms with Gasteiger partial charge >= 0.3 is 0 Å². The van der Waals surface area contributed by atoms with E-state index in [1.54, 1.807) is 25.3 Å². The molecule has 6 heteroatoms.